The molecule has 2 aliphatic rings. The molecule has 2 aromatic rings. The van der Waals surface area contributed by atoms with Crippen LogP contribution in [0.5, 0.6) is 5.75 Å². The van der Waals surface area contributed by atoms with Gasteiger partial charge in [0.2, 0.25) is 15.5 Å². The lowest BCUT2D eigenvalue weighted by Crippen LogP contribution is -2.44. The quantitative estimate of drug-likeness (QED) is 0.483. The number of halogens is 3. The number of carbonyl (C=O) groups excluding carboxylic acids is 2. The molecule has 10 nitrogen and oxygen atoms in total. The fourth-order valence-electron chi connectivity index (χ4n) is 4.58. The number of hydrogen-bond acceptors (Lipinski definition) is 6. The molecular formula is C21H21ClF2N4O6S. The first kappa shape index (κ1) is 25.1. The van der Waals surface area contributed by atoms with E-state index in [1.807, 2.05) is 0 Å². The lowest BCUT2D eigenvalue weighted by molar-refractivity contribution is 0.0675. The average molecular weight is 531 g/mol. The van der Waals surface area contributed by atoms with Crippen molar-refractivity contribution in [2.45, 2.75) is 32.0 Å². The SMILES string of the molecule is CCN1CC2C[C@H](NS(C)(=O)=O)c3c(C(=O)NCc4ccc(F)c(Cl)c4F)c(=O)c(O)c(n32)C1=O. The van der Waals surface area contributed by atoms with E-state index in [4.69, 9.17) is 11.6 Å². The Labute approximate surface area is 203 Å². The number of carbonyl (C=O) groups is 2. The third kappa shape index (κ3) is 4.28. The maximum atomic E-state index is 14.2. The highest BCUT2D eigenvalue weighted by Crippen LogP contribution is 2.42. The van der Waals surface area contributed by atoms with Gasteiger partial charge >= 0.3 is 0 Å². The van der Waals surface area contributed by atoms with E-state index in [1.54, 1.807) is 6.92 Å². The predicted octanol–water partition coefficient (Wildman–Crippen LogP) is 1.43. The lowest BCUT2D eigenvalue weighted by Gasteiger charge is -2.33. The Hall–Kier alpha value is -3.03. The molecule has 1 aromatic carbocycles. The van der Waals surface area contributed by atoms with E-state index in [1.165, 1.54) is 9.47 Å². The highest BCUT2D eigenvalue weighted by molar-refractivity contribution is 7.88. The Kier molecular flexibility index (Phi) is 6.36. The number of rotatable bonds is 6. The number of nitrogens with one attached hydrogen (secondary N) is 2. The maximum absolute atomic E-state index is 14.2. The van der Waals surface area contributed by atoms with Gasteiger partial charge in [-0.2, -0.15) is 0 Å². The summed E-state index contributed by atoms with van der Waals surface area (Å²) >= 11 is 5.56. The number of amides is 2. The second-order valence-corrected chi connectivity index (χ2v) is 10.5. The van der Waals surface area contributed by atoms with E-state index in [2.05, 4.69) is 10.0 Å². The number of benzene rings is 1. The minimum Gasteiger partial charge on any atom is -0.503 e. The van der Waals surface area contributed by atoms with E-state index in [0.29, 0.717) is 0 Å². The van der Waals surface area contributed by atoms with Gasteiger partial charge in [-0.1, -0.05) is 17.7 Å². The van der Waals surface area contributed by atoms with Gasteiger partial charge in [-0.15, -0.1) is 0 Å². The Morgan fingerprint density at radius 3 is 2.60 bits per heavy atom. The van der Waals surface area contributed by atoms with Crippen LogP contribution in [0.3, 0.4) is 0 Å². The number of sulfonamides is 1. The molecule has 1 aromatic heterocycles. The number of pyridine rings is 1. The molecule has 2 aliphatic heterocycles. The molecule has 1 unspecified atom stereocenters. The van der Waals surface area contributed by atoms with E-state index < -0.39 is 73.9 Å². The van der Waals surface area contributed by atoms with Crippen molar-refractivity contribution in [3.63, 3.8) is 0 Å². The molecule has 2 amide bonds. The molecule has 0 saturated heterocycles. The van der Waals surface area contributed by atoms with Gasteiger partial charge in [0.15, 0.2) is 11.4 Å². The Morgan fingerprint density at radius 1 is 1.29 bits per heavy atom. The molecule has 2 atom stereocenters. The fourth-order valence-corrected chi connectivity index (χ4v) is 5.49. The molecule has 14 heteroatoms. The molecule has 0 fully saturated rings. The van der Waals surface area contributed by atoms with E-state index in [0.717, 1.165) is 18.4 Å². The lowest BCUT2D eigenvalue weighted by atomic mass is 10.0. The monoisotopic (exact) mass is 530 g/mol. The minimum atomic E-state index is -3.80. The topological polar surface area (TPSA) is 138 Å². The van der Waals surface area contributed by atoms with E-state index in [9.17, 15) is 36.7 Å². The molecule has 3 heterocycles. The average Bonchev–Trinajstić information content (AvgIpc) is 3.11. The van der Waals surface area contributed by atoms with Crippen LogP contribution in [0.25, 0.3) is 0 Å². The fraction of sp³-hybridized carbons (Fsp3) is 0.381. The van der Waals surface area contributed by atoms with Gasteiger partial charge in [0, 0.05) is 25.2 Å². The van der Waals surface area contributed by atoms with E-state index >= 15 is 0 Å². The van der Waals surface area contributed by atoms with Crippen molar-refractivity contribution in [1.29, 1.82) is 0 Å². The molecular weight excluding hydrogens is 510 g/mol. The molecule has 4 rings (SSSR count). The normalized spacial score (nSPS) is 19.1. The van der Waals surface area contributed by atoms with Gasteiger partial charge in [-0.05, 0) is 19.4 Å². The summed E-state index contributed by atoms with van der Waals surface area (Å²) in [6.07, 6.45) is 1.03. The number of hydrogen-bond donors (Lipinski definition) is 3. The number of aromatic nitrogens is 1. The largest absolute Gasteiger partial charge is 0.503 e. The summed E-state index contributed by atoms with van der Waals surface area (Å²) in [5, 5.41) is 12.2. The molecule has 3 N–H and O–H groups in total. The van der Waals surface area contributed by atoms with Crippen molar-refractivity contribution >= 4 is 33.4 Å². The Morgan fingerprint density at radius 2 is 1.97 bits per heavy atom. The highest BCUT2D eigenvalue weighted by Gasteiger charge is 2.45. The van der Waals surface area contributed by atoms with Crippen LogP contribution >= 0.6 is 11.6 Å². The molecule has 0 saturated carbocycles. The summed E-state index contributed by atoms with van der Waals surface area (Å²) < 4.78 is 55.4. The third-order valence-electron chi connectivity index (χ3n) is 6.07. The smallest absolute Gasteiger partial charge is 0.274 e. The van der Waals surface area contributed by atoms with Crippen molar-refractivity contribution in [2.75, 3.05) is 19.3 Å². The van der Waals surface area contributed by atoms with Gasteiger partial charge in [0.05, 0.1) is 24.0 Å². The van der Waals surface area contributed by atoms with Crippen molar-refractivity contribution in [1.82, 2.24) is 19.5 Å². The van der Waals surface area contributed by atoms with Crippen LogP contribution in [0, 0.1) is 11.6 Å². The van der Waals surface area contributed by atoms with Gasteiger partial charge in [-0.25, -0.2) is 21.9 Å². The Balaban J connectivity index is 1.82. The zero-order chi connectivity index (χ0) is 25.8. The Bertz CT molecular complexity index is 1430. The molecule has 188 valence electrons. The van der Waals surface area contributed by atoms with Gasteiger partial charge in [-0.3, -0.25) is 14.4 Å². The van der Waals surface area contributed by atoms with Crippen LogP contribution in [0.4, 0.5) is 8.78 Å². The van der Waals surface area contributed by atoms with Gasteiger partial charge in [0.1, 0.15) is 22.2 Å². The summed E-state index contributed by atoms with van der Waals surface area (Å²) in [6, 6.07) is 0.427. The van der Waals surface area contributed by atoms with Crippen LogP contribution in [-0.4, -0.2) is 54.2 Å². The summed E-state index contributed by atoms with van der Waals surface area (Å²) in [6.45, 7) is 1.70. The summed E-state index contributed by atoms with van der Waals surface area (Å²) in [5.74, 6) is -4.69. The molecule has 0 radical (unpaired) electrons. The first-order chi connectivity index (χ1) is 16.4. The number of nitrogens with zero attached hydrogens (tertiary/aromatic N) is 2. The van der Waals surface area contributed by atoms with E-state index in [-0.39, 0.29) is 36.5 Å². The third-order valence-corrected chi connectivity index (χ3v) is 7.13. The van der Waals surface area contributed by atoms with Crippen molar-refractivity contribution < 1.29 is 31.9 Å². The highest BCUT2D eigenvalue weighted by atomic mass is 35.5. The summed E-state index contributed by atoms with van der Waals surface area (Å²) in [4.78, 5) is 40.5. The number of aromatic hydroxyl groups is 1. The van der Waals surface area contributed by atoms with Crippen LogP contribution in [0.1, 0.15) is 57.5 Å². The zero-order valence-electron chi connectivity index (χ0n) is 18.6. The van der Waals surface area contributed by atoms with Crippen molar-refractivity contribution in [2.24, 2.45) is 0 Å². The molecule has 0 bridgehead atoms. The van der Waals surface area contributed by atoms with Crippen molar-refractivity contribution in [3.05, 3.63) is 61.5 Å². The van der Waals surface area contributed by atoms with Crippen LogP contribution in [-0.2, 0) is 16.6 Å². The van der Waals surface area contributed by atoms with Gasteiger partial charge < -0.3 is 19.9 Å². The predicted molar refractivity (Wildman–Crippen MR) is 121 cm³/mol. The second-order valence-electron chi connectivity index (χ2n) is 8.35. The van der Waals surface area contributed by atoms with Gasteiger partial charge in [0.25, 0.3) is 11.8 Å². The van der Waals surface area contributed by atoms with Crippen LogP contribution in [0.15, 0.2) is 16.9 Å². The summed E-state index contributed by atoms with van der Waals surface area (Å²) in [5.41, 5.74) is -2.32. The first-order valence-electron chi connectivity index (χ1n) is 10.5. The first-order valence-corrected chi connectivity index (χ1v) is 12.8. The zero-order valence-corrected chi connectivity index (χ0v) is 20.1. The van der Waals surface area contributed by atoms with Crippen molar-refractivity contribution in [3.8, 4) is 5.75 Å². The van der Waals surface area contributed by atoms with Crippen LogP contribution < -0.4 is 15.5 Å². The summed E-state index contributed by atoms with van der Waals surface area (Å²) in [7, 11) is -3.80. The molecule has 0 spiro atoms. The number of likely N-dealkylation sites (N-methyl/N-ethyl adjacent to an activating group) is 1. The standard InChI is InChI=1S/C21H21ClF2N4O6S/c1-3-27-8-10-6-12(26-35(2,33)34)16-13(18(29)19(30)17(21(27)32)28(10)16)20(31)25-7-9-4-5-11(23)14(22)15(9)24/h4-5,10,12,26,30H,3,6-8H2,1-2H3,(H,25,31)/t10?,12-/m0/s1. The van der Waals surface area contributed by atoms with Crippen LogP contribution in [0.2, 0.25) is 5.02 Å². The second kappa shape index (κ2) is 8.88. The minimum absolute atomic E-state index is 0.0718. The molecule has 0 aliphatic carbocycles. The molecule has 35 heavy (non-hydrogen) atoms. The maximum Gasteiger partial charge on any atom is 0.274 e.